The zero-order chi connectivity index (χ0) is 8.81. The molecule has 1 fully saturated rings. The van der Waals surface area contributed by atoms with Crippen LogP contribution in [0.3, 0.4) is 0 Å². The molecule has 0 amide bonds. The number of hydrogen-bond donors (Lipinski definition) is 0. The van der Waals surface area contributed by atoms with Gasteiger partial charge in [-0.3, -0.25) is 0 Å². The van der Waals surface area contributed by atoms with E-state index in [0.29, 0.717) is 0 Å². The SMILES string of the molecule is CN=CCC(C)C1CCCCC1. The van der Waals surface area contributed by atoms with Gasteiger partial charge in [0.05, 0.1) is 0 Å². The molecule has 0 aliphatic heterocycles. The zero-order valence-corrected chi connectivity index (χ0v) is 8.42. The highest BCUT2D eigenvalue weighted by Gasteiger charge is 2.18. The quantitative estimate of drug-likeness (QED) is 0.572. The van der Waals surface area contributed by atoms with Gasteiger partial charge in [-0.2, -0.15) is 0 Å². The molecule has 0 bridgehead atoms. The van der Waals surface area contributed by atoms with Crippen LogP contribution in [0.2, 0.25) is 0 Å². The summed E-state index contributed by atoms with van der Waals surface area (Å²) in [4.78, 5) is 4.05. The van der Waals surface area contributed by atoms with E-state index in [1.54, 1.807) is 0 Å². The lowest BCUT2D eigenvalue weighted by molar-refractivity contribution is 0.270. The van der Waals surface area contributed by atoms with Gasteiger partial charge >= 0.3 is 0 Å². The van der Waals surface area contributed by atoms with Crippen molar-refractivity contribution >= 4 is 6.21 Å². The van der Waals surface area contributed by atoms with Crippen LogP contribution in [0.4, 0.5) is 0 Å². The Balaban J connectivity index is 2.24. The molecule has 1 atom stereocenters. The van der Waals surface area contributed by atoms with Gasteiger partial charge in [-0.25, -0.2) is 0 Å². The molecule has 1 rings (SSSR count). The van der Waals surface area contributed by atoms with E-state index in [1.165, 1.54) is 38.5 Å². The Morgan fingerprint density at radius 2 is 2.00 bits per heavy atom. The van der Waals surface area contributed by atoms with E-state index in [4.69, 9.17) is 0 Å². The molecule has 0 saturated heterocycles. The summed E-state index contributed by atoms with van der Waals surface area (Å²) in [5.74, 6) is 1.84. The molecule has 1 nitrogen and oxygen atoms in total. The van der Waals surface area contributed by atoms with Gasteiger partial charge in [-0.05, 0) is 24.5 Å². The second kappa shape index (κ2) is 5.34. The van der Waals surface area contributed by atoms with Crippen molar-refractivity contribution in [1.29, 1.82) is 0 Å². The van der Waals surface area contributed by atoms with Gasteiger partial charge in [0.2, 0.25) is 0 Å². The highest BCUT2D eigenvalue weighted by Crippen LogP contribution is 2.30. The fourth-order valence-electron chi connectivity index (χ4n) is 2.17. The maximum absolute atomic E-state index is 4.05. The van der Waals surface area contributed by atoms with Crippen LogP contribution in [0.25, 0.3) is 0 Å². The van der Waals surface area contributed by atoms with Gasteiger partial charge in [0, 0.05) is 7.05 Å². The molecule has 1 aliphatic carbocycles. The van der Waals surface area contributed by atoms with E-state index in [9.17, 15) is 0 Å². The van der Waals surface area contributed by atoms with Crippen molar-refractivity contribution in [2.45, 2.75) is 45.4 Å². The lowest BCUT2D eigenvalue weighted by Crippen LogP contribution is -2.15. The Kier molecular flexibility index (Phi) is 4.34. The van der Waals surface area contributed by atoms with Gasteiger partial charge in [0.15, 0.2) is 0 Å². The standard InChI is InChI=1S/C11H21N/c1-10(8-9-12-2)11-6-4-3-5-7-11/h9-11H,3-8H2,1-2H3. The number of nitrogens with zero attached hydrogens (tertiary/aromatic N) is 1. The molecular weight excluding hydrogens is 146 g/mol. The highest BCUT2D eigenvalue weighted by molar-refractivity contribution is 5.57. The van der Waals surface area contributed by atoms with E-state index in [2.05, 4.69) is 18.1 Å². The summed E-state index contributed by atoms with van der Waals surface area (Å²) in [6, 6.07) is 0. The first-order chi connectivity index (χ1) is 5.84. The summed E-state index contributed by atoms with van der Waals surface area (Å²) >= 11 is 0. The second-order valence-electron chi connectivity index (χ2n) is 4.05. The van der Waals surface area contributed by atoms with E-state index in [0.717, 1.165) is 11.8 Å². The van der Waals surface area contributed by atoms with Crippen molar-refractivity contribution in [2.75, 3.05) is 7.05 Å². The average Bonchev–Trinajstić information content (AvgIpc) is 2.15. The average molecular weight is 167 g/mol. The molecule has 12 heavy (non-hydrogen) atoms. The number of hydrogen-bond acceptors (Lipinski definition) is 1. The molecule has 0 radical (unpaired) electrons. The smallest absolute Gasteiger partial charge is 0.0273 e. The van der Waals surface area contributed by atoms with Crippen LogP contribution in [0.15, 0.2) is 4.99 Å². The molecule has 0 aromatic rings. The van der Waals surface area contributed by atoms with Gasteiger partial charge in [0.1, 0.15) is 0 Å². The Hall–Kier alpha value is -0.330. The van der Waals surface area contributed by atoms with Crippen LogP contribution >= 0.6 is 0 Å². The van der Waals surface area contributed by atoms with E-state index < -0.39 is 0 Å². The van der Waals surface area contributed by atoms with Gasteiger partial charge in [0.25, 0.3) is 0 Å². The number of aliphatic imine (C=N–C) groups is 1. The lowest BCUT2D eigenvalue weighted by atomic mass is 9.80. The molecule has 1 heteroatoms. The summed E-state index contributed by atoms with van der Waals surface area (Å²) in [6.45, 7) is 2.37. The third-order valence-electron chi connectivity index (χ3n) is 3.11. The predicted octanol–water partition coefficient (Wildman–Crippen LogP) is 3.29. The van der Waals surface area contributed by atoms with E-state index >= 15 is 0 Å². The van der Waals surface area contributed by atoms with Crippen molar-refractivity contribution in [3.63, 3.8) is 0 Å². The van der Waals surface area contributed by atoms with Crippen molar-refractivity contribution in [3.8, 4) is 0 Å². The summed E-state index contributed by atoms with van der Waals surface area (Å²) in [6.07, 6.45) is 10.5. The monoisotopic (exact) mass is 167 g/mol. The summed E-state index contributed by atoms with van der Waals surface area (Å²) in [5.41, 5.74) is 0. The van der Waals surface area contributed by atoms with Crippen molar-refractivity contribution in [2.24, 2.45) is 16.8 Å². The minimum Gasteiger partial charge on any atom is -0.301 e. The first-order valence-corrected chi connectivity index (χ1v) is 5.25. The number of rotatable bonds is 3. The van der Waals surface area contributed by atoms with Crippen LogP contribution in [0.1, 0.15) is 45.4 Å². The fourth-order valence-corrected chi connectivity index (χ4v) is 2.17. The summed E-state index contributed by atoms with van der Waals surface area (Å²) in [7, 11) is 1.87. The van der Waals surface area contributed by atoms with Crippen LogP contribution < -0.4 is 0 Å². The molecule has 0 N–H and O–H groups in total. The van der Waals surface area contributed by atoms with Crippen LogP contribution in [0, 0.1) is 11.8 Å². The highest BCUT2D eigenvalue weighted by atomic mass is 14.6. The Morgan fingerprint density at radius 1 is 1.33 bits per heavy atom. The van der Waals surface area contributed by atoms with Crippen molar-refractivity contribution in [1.82, 2.24) is 0 Å². The minimum atomic E-state index is 0.856. The molecule has 0 aromatic carbocycles. The van der Waals surface area contributed by atoms with E-state index in [-0.39, 0.29) is 0 Å². The summed E-state index contributed by atoms with van der Waals surface area (Å²) < 4.78 is 0. The molecule has 0 aromatic heterocycles. The fraction of sp³-hybridized carbons (Fsp3) is 0.909. The topological polar surface area (TPSA) is 12.4 Å². The zero-order valence-electron chi connectivity index (χ0n) is 8.42. The van der Waals surface area contributed by atoms with E-state index in [1.807, 2.05) is 7.05 Å². The molecular formula is C11H21N. The normalized spacial score (nSPS) is 23.2. The maximum Gasteiger partial charge on any atom is 0.0273 e. The molecule has 1 unspecified atom stereocenters. The van der Waals surface area contributed by atoms with Crippen molar-refractivity contribution in [3.05, 3.63) is 0 Å². The molecule has 1 saturated carbocycles. The minimum absolute atomic E-state index is 0.856. The maximum atomic E-state index is 4.05. The first-order valence-electron chi connectivity index (χ1n) is 5.25. The Labute approximate surface area is 76.3 Å². The first kappa shape index (κ1) is 9.76. The van der Waals surface area contributed by atoms with Crippen LogP contribution in [-0.4, -0.2) is 13.3 Å². The Morgan fingerprint density at radius 3 is 2.58 bits per heavy atom. The third kappa shape index (κ3) is 2.96. The predicted molar refractivity (Wildman–Crippen MR) is 54.8 cm³/mol. The van der Waals surface area contributed by atoms with Crippen LogP contribution in [0.5, 0.6) is 0 Å². The van der Waals surface area contributed by atoms with Crippen LogP contribution in [-0.2, 0) is 0 Å². The second-order valence-corrected chi connectivity index (χ2v) is 4.05. The van der Waals surface area contributed by atoms with Crippen molar-refractivity contribution < 1.29 is 0 Å². The van der Waals surface area contributed by atoms with Gasteiger partial charge in [-0.1, -0.05) is 39.0 Å². The molecule has 0 heterocycles. The third-order valence-corrected chi connectivity index (χ3v) is 3.11. The van der Waals surface area contributed by atoms with Gasteiger partial charge < -0.3 is 4.99 Å². The molecule has 70 valence electrons. The lowest BCUT2D eigenvalue weighted by Gasteiger charge is -2.26. The molecule has 0 spiro atoms. The largest absolute Gasteiger partial charge is 0.301 e. The van der Waals surface area contributed by atoms with Gasteiger partial charge in [-0.15, -0.1) is 0 Å². The molecule has 1 aliphatic rings. The Bertz CT molecular complexity index is 134. The summed E-state index contributed by atoms with van der Waals surface area (Å²) in [5, 5.41) is 0.